The Hall–Kier alpha value is -2.57. The standard InChI is InChI=1S/C20H14BrClN2O3/c1-10-7-11(2)18-15(8-10)24-20(27-18)13-9-12(3-4-14(13)22)23-19(25)16-5-6-17(21)26-16/h3-9H,1-2H3,(H,23,25). The van der Waals surface area contributed by atoms with Gasteiger partial charge in [-0.3, -0.25) is 4.79 Å². The van der Waals surface area contributed by atoms with Crippen LogP contribution < -0.4 is 5.32 Å². The topological polar surface area (TPSA) is 68.3 Å². The third-order valence-electron chi connectivity index (χ3n) is 4.07. The van der Waals surface area contributed by atoms with Crippen molar-refractivity contribution in [1.29, 1.82) is 0 Å². The lowest BCUT2D eigenvalue weighted by atomic mass is 10.1. The van der Waals surface area contributed by atoms with Gasteiger partial charge in [-0.15, -0.1) is 0 Å². The number of amides is 1. The van der Waals surface area contributed by atoms with E-state index in [1.165, 1.54) is 0 Å². The van der Waals surface area contributed by atoms with Crippen molar-refractivity contribution < 1.29 is 13.6 Å². The Balaban J connectivity index is 1.70. The summed E-state index contributed by atoms with van der Waals surface area (Å²) < 4.78 is 11.7. The van der Waals surface area contributed by atoms with Crippen LogP contribution in [0.15, 0.2) is 56.0 Å². The molecule has 1 N–H and O–H groups in total. The third kappa shape index (κ3) is 3.50. The molecule has 0 spiro atoms. The average molecular weight is 446 g/mol. The first-order chi connectivity index (χ1) is 12.9. The van der Waals surface area contributed by atoms with Crippen LogP contribution >= 0.6 is 27.5 Å². The predicted octanol–water partition coefficient (Wildman–Crippen LogP) is 6.37. The fourth-order valence-electron chi connectivity index (χ4n) is 2.89. The van der Waals surface area contributed by atoms with E-state index in [0.717, 1.165) is 22.2 Å². The molecule has 0 saturated carbocycles. The largest absolute Gasteiger partial charge is 0.444 e. The van der Waals surface area contributed by atoms with E-state index in [1.54, 1.807) is 30.3 Å². The second kappa shape index (κ2) is 6.87. The summed E-state index contributed by atoms with van der Waals surface area (Å²) in [6.07, 6.45) is 0. The Kier molecular flexibility index (Phi) is 4.53. The zero-order valence-corrected chi connectivity index (χ0v) is 16.8. The van der Waals surface area contributed by atoms with Crippen molar-refractivity contribution in [2.75, 3.05) is 5.32 Å². The van der Waals surface area contributed by atoms with Gasteiger partial charge < -0.3 is 14.2 Å². The van der Waals surface area contributed by atoms with Crippen molar-refractivity contribution in [3.63, 3.8) is 0 Å². The van der Waals surface area contributed by atoms with Crippen LogP contribution in [0, 0.1) is 13.8 Å². The number of hydrogen-bond acceptors (Lipinski definition) is 4. The average Bonchev–Trinajstić information content (AvgIpc) is 3.23. The molecule has 2 heterocycles. The molecule has 2 aromatic carbocycles. The van der Waals surface area contributed by atoms with Crippen LogP contribution in [0.5, 0.6) is 0 Å². The van der Waals surface area contributed by atoms with Crippen LogP contribution in [0.3, 0.4) is 0 Å². The molecule has 4 rings (SSSR count). The quantitative estimate of drug-likeness (QED) is 0.398. The van der Waals surface area contributed by atoms with Crippen LogP contribution in [0.2, 0.25) is 5.02 Å². The molecule has 0 radical (unpaired) electrons. The number of carbonyl (C=O) groups excluding carboxylic acids is 1. The van der Waals surface area contributed by atoms with Gasteiger partial charge in [0.15, 0.2) is 16.0 Å². The van der Waals surface area contributed by atoms with Crippen LogP contribution in [0.25, 0.3) is 22.6 Å². The summed E-state index contributed by atoms with van der Waals surface area (Å²) in [7, 11) is 0. The van der Waals surface area contributed by atoms with Crippen molar-refractivity contribution in [2.24, 2.45) is 0 Å². The number of furan rings is 1. The van der Waals surface area contributed by atoms with Gasteiger partial charge in [-0.2, -0.15) is 0 Å². The van der Waals surface area contributed by atoms with E-state index in [1.807, 2.05) is 26.0 Å². The van der Waals surface area contributed by atoms with E-state index in [2.05, 4.69) is 26.2 Å². The Labute approximate surface area is 168 Å². The second-order valence-electron chi connectivity index (χ2n) is 6.20. The molecule has 0 aliphatic carbocycles. The fourth-order valence-corrected chi connectivity index (χ4v) is 3.39. The van der Waals surface area contributed by atoms with Gasteiger partial charge >= 0.3 is 0 Å². The monoisotopic (exact) mass is 444 g/mol. The van der Waals surface area contributed by atoms with Crippen LogP contribution in [-0.4, -0.2) is 10.9 Å². The Morgan fingerprint density at radius 3 is 2.67 bits per heavy atom. The minimum Gasteiger partial charge on any atom is -0.444 e. The molecule has 0 saturated heterocycles. The molecule has 1 amide bonds. The summed E-state index contributed by atoms with van der Waals surface area (Å²) in [5, 5.41) is 3.26. The Bertz CT molecular complexity index is 1180. The molecule has 4 aromatic rings. The molecule has 7 heteroatoms. The first kappa shape index (κ1) is 17.8. The molecule has 0 fully saturated rings. The van der Waals surface area contributed by atoms with Gasteiger partial charge in [0.2, 0.25) is 5.89 Å². The Morgan fingerprint density at radius 2 is 1.93 bits per heavy atom. The molecule has 2 aromatic heterocycles. The summed E-state index contributed by atoms with van der Waals surface area (Å²) in [5.74, 6) is 0.241. The van der Waals surface area contributed by atoms with E-state index < -0.39 is 0 Å². The van der Waals surface area contributed by atoms with Crippen molar-refractivity contribution >= 4 is 50.2 Å². The maximum atomic E-state index is 12.3. The maximum absolute atomic E-state index is 12.3. The van der Waals surface area contributed by atoms with E-state index in [4.69, 9.17) is 20.4 Å². The van der Waals surface area contributed by atoms with Gasteiger partial charge in [0.05, 0.1) is 10.6 Å². The molecular weight excluding hydrogens is 432 g/mol. The Morgan fingerprint density at radius 1 is 1.11 bits per heavy atom. The van der Waals surface area contributed by atoms with E-state index in [9.17, 15) is 4.79 Å². The first-order valence-corrected chi connectivity index (χ1v) is 9.32. The van der Waals surface area contributed by atoms with Gasteiger partial charge in [0.1, 0.15) is 5.52 Å². The maximum Gasteiger partial charge on any atom is 0.291 e. The summed E-state index contributed by atoms with van der Waals surface area (Å²) in [5.41, 5.74) is 4.77. The van der Waals surface area contributed by atoms with Gasteiger partial charge in [0, 0.05) is 5.69 Å². The highest BCUT2D eigenvalue weighted by atomic mass is 79.9. The second-order valence-corrected chi connectivity index (χ2v) is 7.39. The van der Waals surface area contributed by atoms with Crippen LogP contribution in [-0.2, 0) is 0 Å². The molecule has 5 nitrogen and oxygen atoms in total. The van der Waals surface area contributed by atoms with Crippen LogP contribution in [0.4, 0.5) is 5.69 Å². The van der Waals surface area contributed by atoms with E-state index >= 15 is 0 Å². The normalized spacial score (nSPS) is 11.1. The fraction of sp³-hybridized carbons (Fsp3) is 0.100. The predicted molar refractivity (Wildman–Crippen MR) is 108 cm³/mol. The number of nitrogens with zero attached hydrogens (tertiary/aromatic N) is 1. The smallest absolute Gasteiger partial charge is 0.291 e. The van der Waals surface area contributed by atoms with Gasteiger partial charge in [0.25, 0.3) is 5.91 Å². The lowest BCUT2D eigenvalue weighted by Crippen LogP contribution is -2.10. The number of halogens is 2. The van der Waals surface area contributed by atoms with E-state index in [0.29, 0.717) is 26.8 Å². The molecule has 0 bridgehead atoms. The number of aromatic nitrogens is 1. The van der Waals surface area contributed by atoms with Gasteiger partial charge in [-0.05, 0) is 77.3 Å². The minimum atomic E-state index is -0.363. The molecule has 0 atom stereocenters. The van der Waals surface area contributed by atoms with Crippen molar-refractivity contribution in [3.05, 3.63) is 69.0 Å². The summed E-state index contributed by atoms with van der Waals surface area (Å²) in [4.78, 5) is 16.8. The number of benzene rings is 2. The minimum absolute atomic E-state index is 0.200. The summed E-state index contributed by atoms with van der Waals surface area (Å²) in [6.45, 7) is 3.99. The SMILES string of the molecule is Cc1cc(C)c2oc(-c3cc(NC(=O)c4ccc(Br)o4)ccc3Cl)nc2c1. The number of aryl methyl sites for hydroxylation is 2. The number of hydrogen-bond donors (Lipinski definition) is 1. The van der Waals surface area contributed by atoms with E-state index in [-0.39, 0.29) is 11.7 Å². The molecule has 0 aliphatic heterocycles. The highest BCUT2D eigenvalue weighted by molar-refractivity contribution is 9.10. The van der Waals surface area contributed by atoms with Gasteiger partial charge in [-0.25, -0.2) is 4.98 Å². The number of oxazole rings is 1. The summed E-state index contributed by atoms with van der Waals surface area (Å²) in [6, 6.07) is 12.4. The summed E-state index contributed by atoms with van der Waals surface area (Å²) >= 11 is 9.53. The first-order valence-electron chi connectivity index (χ1n) is 8.15. The number of carbonyl (C=O) groups is 1. The zero-order chi connectivity index (χ0) is 19.1. The van der Waals surface area contributed by atoms with Crippen LogP contribution in [0.1, 0.15) is 21.7 Å². The molecule has 0 aliphatic rings. The number of anilines is 1. The molecule has 0 unspecified atom stereocenters. The molecular formula is C20H14BrClN2O3. The van der Waals surface area contributed by atoms with Crippen molar-refractivity contribution in [1.82, 2.24) is 4.98 Å². The highest BCUT2D eigenvalue weighted by Gasteiger charge is 2.16. The van der Waals surface area contributed by atoms with Crippen molar-refractivity contribution in [3.8, 4) is 11.5 Å². The number of nitrogens with one attached hydrogen (secondary N) is 1. The van der Waals surface area contributed by atoms with Gasteiger partial charge in [-0.1, -0.05) is 17.7 Å². The number of fused-ring (bicyclic) bond motifs is 1. The van der Waals surface area contributed by atoms with Crippen molar-refractivity contribution in [2.45, 2.75) is 13.8 Å². The lowest BCUT2D eigenvalue weighted by molar-refractivity contribution is 0.0995. The molecule has 27 heavy (non-hydrogen) atoms. The zero-order valence-electron chi connectivity index (χ0n) is 14.5. The highest BCUT2D eigenvalue weighted by Crippen LogP contribution is 2.33. The lowest BCUT2D eigenvalue weighted by Gasteiger charge is -2.06. The number of rotatable bonds is 3. The third-order valence-corrected chi connectivity index (χ3v) is 4.83. The molecule has 136 valence electrons.